The van der Waals surface area contributed by atoms with E-state index < -0.39 is 0 Å². The Kier molecular flexibility index (Phi) is 3.10. The fraction of sp³-hybridized carbons (Fsp3) is 0.417. The van der Waals surface area contributed by atoms with E-state index in [0.717, 1.165) is 37.3 Å². The van der Waals surface area contributed by atoms with E-state index in [1.54, 1.807) is 0 Å². The summed E-state index contributed by atoms with van der Waals surface area (Å²) in [6.07, 6.45) is 1.02. The number of anilines is 2. The van der Waals surface area contributed by atoms with Crippen molar-refractivity contribution in [1.82, 2.24) is 4.90 Å². The number of benzene rings is 1. The van der Waals surface area contributed by atoms with Gasteiger partial charge in [-0.15, -0.1) is 0 Å². The van der Waals surface area contributed by atoms with Gasteiger partial charge in [-0.2, -0.15) is 0 Å². The Bertz CT molecular complexity index is 363. The predicted molar refractivity (Wildman–Crippen MR) is 65.5 cm³/mol. The van der Waals surface area contributed by atoms with E-state index in [1.807, 2.05) is 31.3 Å². The van der Waals surface area contributed by atoms with Crippen molar-refractivity contribution in [3.05, 3.63) is 24.3 Å². The lowest BCUT2D eigenvalue weighted by Gasteiger charge is -2.38. The average molecular weight is 219 g/mol. The molecule has 1 aromatic rings. The van der Waals surface area contributed by atoms with Crippen molar-refractivity contribution in [2.75, 3.05) is 37.3 Å². The summed E-state index contributed by atoms with van der Waals surface area (Å²) >= 11 is 0. The van der Waals surface area contributed by atoms with Gasteiger partial charge in [0.15, 0.2) is 0 Å². The molecule has 2 N–H and O–H groups in total. The Labute approximate surface area is 95.6 Å². The van der Waals surface area contributed by atoms with Gasteiger partial charge in [0.2, 0.25) is 0 Å². The molecule has 4 nitrogen and oxygen atoms in total. The van der Waals surface area contributed by atoms with E-state index in [-0.39, 0.29) is 6.04 Å². The first-order valence-electron chi connectivity index (χ1n) is 5.47. The minimum Gasteiger partial charge on any atom is -0.399 e. The summed E-state index contributed by atoms with van der Waals surface area (Å²) in [6.45, 7) is 2.61. The molecular weight excluding hydrogens is 202 g/mol. The third-order valence-corrected chi connectivity index (χ3v) is 3.11. The molecule has 2 rings (SSSR count). The number of nitrogens with two attached hydrogens (primary N) is 1. The summed E-state index contributed by atoms with van der Waals surface area (Å²) in [4.78, 5) is 15.2. The topological polar surface area (TPSA) is 49.6 Å². The Morgan fingerprint density at radius 2 is 2.00 bits per heavy atom. The molecule has 0 saturated carbocycles. The van der Waals surface area contributed by atoms with Crippen molar-refractivity contribution in [2.24, 2.45) is 0 Å². The minimum absolute atomic E-state index is 0.00805. The molecule has 16 heavy (non-hydrogen) atoms. The molecule has 1 aromatic carbocycles. The summed E-state index contributed by atoms with van der Waals surface area (Å²) in [6, 6.07) is 7.78. The van der Waals surface area contributed by atoms with Crippen molar-refractivity contribution in [3.8, 4) is 0 Å². The molecule has 4 heteroatoms. The summed E-state index contributed by atoms with van der Waals surface area (Å²) in [5.41, 5.74) is 7.55. The molecule has 1 saturated heterocycles. The highest BCUT2D eigenvalue weighted by Gasteiger charge is 2.23. The molecule has 1 unspecified atom stereocenters. The molecule has 0 spiro atoms. The van der Waals surface area contributed by atoms with Crippen LogP contribution < -0.4 is 10.6 Å². The van der Waals surface area contributed by atoms with E-state index in [2.05, 4.69) is 9.80 Å². The molecule has 0 bridgehead atoms. The molecule has 0 amide bonds. The highest BCUT2D eigenvalue weighted by molar-refractivity contribution is 5.61. The van der Waals surface area contributed by atoms with Crippen LogP contribution in [0, 0.1) is 0 Å². The molecule has 1 atom stereocenters. The zero-order chi connectivity index (χ0) is 11.5. The quantitative estimate of drug-likeness (QED) is 0.584. The number of likely N-dealkylation sites (N-methyl/N-ethyl adjacent to an activating group) is 1. The van der Waals surface area contributed by atoms with Crippen molar-refractivity contribution in [1.29, 1.82) is 0 Å². The molecule has 0 aliphatic carbocycles. The first-order valence-corrected chi connectivity index (χ1v) is 5.47. The van der Waals surface area contributed by atoms with Gasteiger partial charge in [0, 0.05) is 31.0 Å². The zero-order valence-electron chi connectivity index (χ0n) is 9.47. The van der Waals surface area contributed by atoms with Crippen LogP contribution in [-0.2, 0) is 4.79 Å². The van der Waals surface area contributed by atoms with Gasteiger partial charge in [-0.05, 0) is 31.3 Å². The average Bonchev–Trinajstić information content (AvgIpc) is 2.31. The van der Waals surface area contributed by atoms with E-state index in [9.17, 15) is 4.79 Å². The summed E-state index contributed by atoms with van der Waals surface area (Å²) in [5, 5.41) is 0. The number of nitrogens with zero attached hydrogens (tertiary/aromatic N) is 2. The van der Waals surface area contributed by atoms with Crippen LogP contribution in [0.15, 0.2) is 24.3 Å². The van der Waals surface area contributed by atoms with Gasteiger partial charge >= 0.3 is 0 Å². The first kappa shape index (κ1) is 11.0. The van der Waals surface area contributed by atoms with Gasteiger partial charge in [0.25, 0.3) is 0 Å². The lowest BCUT2D eigenvalue weighted by Crippen LogP contribution is -2.52. The van der Waals surface area contributed by atoms with Crippen LogP contribution in [0.1, 0.15) is 0 Å². The van der Waals surface area contributed by atoms with Crippen LogP contribution in [0.3, 0.4) is 0 Å². The van der Waals surface area contributed by atoms with Gasteiger partial charge in [-0.25, -0.2) is 0 Å². The van der Waals surface area contributed by atoms with Crippen LogP contribution in [0.25, 0.3) is 0 Å². The highest BCUT2D eigenvalue weighted by atomic mass is 16.1. The van der Waals surface area contributed by atoms with Crippen molar-refractivity contribution < 1.29 is 4.79 Å². The van der Waals surface area contributed by atoms with Gasteiger partial charge < -0.3 is 15.4 Å². The summed E-state index contributed by atoms with van der Waals surface area (Å²) in [7, 11) is 1.99. The van der Waals surface area contributed by atoms with Crippen LogP contribution in [0.4, 0.5) is 11.4 Å². The summed E-state index contributed by atoms with van der Waals surface area (Å²) < 4.78 is 0. The van der Waals surface area contributed by atoms with Crippen molar-refractivity contribution in [3.63, 3.8) is 0 Å². The molecule has 86 valence electrons. The van der Waals surface area contributed by atoms with E-state index in [1.165, 1.54) is 0 Å². The number of rotatable bonds is 2. The lowest BCUT2D eigenvalue weighted by molar-refractivity contribution is -0.112. The normalized spacial score (nSPS) is 22.1. The Hall–Kier alpha value is -1.55. The molecule has 0 radical (unpaired) electrons. The highest BCUT2D eigenvalue weighted by Crippen LogP contribution is 2.19. The second-order valence-corrected chi connectivity index (χ2v) is 4.22. The molecule has 1 aliphatic rings. The second-order valence-electron chi connectivity index (χ2n) is 4.22. The molecule has 1 aliphatic heterocycles. The Morgan fingerprint density at radius 3 is 2.62 bits per heavy atom. The number of hydrogen-bond acceptors (Lipinski definition) is 4. The largest absolute Gasteiger partial charge is 0.399 e. The zero-order valence-corrected chi connectivity index (χ0v) is 9.47. The molecular formula is C12H17N3O. The summed E-state index contributed by atoms with van der Waals surface area (Å²) in [5.74, 6) is 0. The van der Waals surface area contributed by atoms with Crippen LogP contribution in [0.2, 0.25) is 0 Å². The number of carbonyl (C=O) groups is 1. The fourth-order valence-electron chi connectivity index (χ4n) is 1.97. The molecule has 1 heterocycles. The number of aldehydes is 1. The van der Waals surface area contributed by atoms with Gasteiger partial charge in [0.1, 0.15) is 6.29 Å². The van der Waals surface area contributed by atoms with Gasteiger partial charge in [-0.1, -0.05) is 0 Å². The number of piperazine rings is 1. The molecule has 1 fully saturated rings. The standard InChI is InChI=1S/C12H17N3O/c1-14-6-7-15(8-12(14)9-16)11-4-2-10(13)3-5-11/h2-5,9,12H,6-8,13H2,1H3. The van der Waals surface area contributed by atoms with Crippen LogP contribution in [-0.4, -0.2) is 43.9 Å². The van der Waals surface area contributed by atoms with Crippen molar-refractivity contribution in [2.45, 2.75) is 6.04 Å². The number of nitrogen functional groups attached to an aromatic ring is 1. The van der Waals surface area contributed by atoms with E-state index in [4.69, 9.17) is 5.73 Å². The third-order valence-electron chi connectivity index (χ3n) is 3.11. The van der Waals surface area contributed by atoms with Crippen LogP contribution >= 0.6 is 0 Å². The SMILES string of the molecule is CN1CCN(c2ccc(N)cc2)CC1C=O. The minimum atomic E-state index is -0.00805. The number of hydrogen-bond donors (Lipinski definition) is 1. The maximum atomic E-state index is 10.9. The smallest absolute Gasteiger partial charge is 0.138 e. The van der Waals surface area contributed by atoms with Crippen molar-refractivity contribution >= 4 is 17.7 Å². The first-order chi connectivity index (χ1) is 7.70. The molecule has 0 aromatic heterocycles. The van der Waals surface area contributed by atoms with E-state index >= 15 is 0 Å². The lowest BCUT2D eigenvalue weighted by atomic mass is 10.1. The maximum Gasteiger partial charge on any atom is 0.138 e. The monoisotopic (exact) mass is 219 g/mol. The van der Waals surface area contributed by atoms with Gasteiger partial charge in [-0.3, -0.25) is 4.90 Å². The van der Waals surface area contributed by atoms with E-state index in [0.29, 0.717) is 0 Å². The Morgan fingerprint density at radius 1 is 1.31 bits per heavy atom. The van der Waals surface area contributed by atoms with Gasteiger partial charge in [0.05, 0.1) is 6.04 Å². The number of carbonyl (C=O) groups excluding carboxylic acids is 1. The second kappa shape index (κ2) is 4.53. The van der Waals surface area contributed by atoms with Crippen LogP contribution in [0.5, 0.6) is 0 Å². The third kappa shape index (κ3) is 2.17. The maximum absolute atomic E-state index is 10.9. The fourth-order valence-corrected chi connectivity index (χ4v) is 1.97. The predicted octanol–water partition coefficient (Wildman–Crippen LogP) is 0.588. The Balaban J connectivity index is 2.11.